The molecule has 2 aliphatic heterocycles. The minimum Gasteiger partial charge on any atom is -0.399 e. The van der Waals surface area contributed by atoms with Gasteiger partial charge in [0.2, 0.25) is 0 Å². The third-order valence-electron chi connectivity index (χ3n) is 5.79. The molecule has 0 bridgehead atoms. The van der Waals surface area contributed by atoms with Gasteiger partial charge in [-0.1, -0.05) is 0 Å². The molecule has 0 amide bonds. The Bertz CT molecular complexity index is 602. The van der Waals surface area contributed by atoms with Gasteiger partial charge in [-0.25, -0.2) is 4.98 Å². The topological polar surface area (TPSA) is 60.6 Å². The van der Waals surface area contributed by atoms with Gasteiger partial charge in [-0.3, -0.25) is 0 Å². The van der Waals surface area contributed by atoms with Crippen LogP contribution in [0.4, 0.5) is 5.82 Å². The third-order valence-corrected chi connectivity index (χ3v) is 5.79. The fraction of sp³-hybridized carbons (Fsp3) is 0.722. The number of piperidine rings is 1. The zero-order chi connectivity index (χ0) is 17.8. The summed E-state index contributed by atoms with van der Waals surface area (Å²) in [5, 5.41) is 0. The van der Waals surface area contributed by atoms with Crippen LogP contribution in [0.15, 0.2) is 18.3 Å². The smallest absolute Gasteiger partial charge is 0.399 e. The molecule has 2 fully saturated rings. The molecule has 0 radical (unpaired) electrons. The Morgan fingerprint density at radius 1 is 1.17 bits per heavy atom. The van der Waals surface area contributed by atoms with Gasteiger partial charge in [0.05, 0.1) is 11.2 Å². The number of hydrogen-bond donors (Lipinski definition) is 1. The summed E-state index contributed by atoms with van der Waals surface area (Å²) in [5.74, 6) is 0.971. The van der Waals surface area contributed by atoms with E-state index in [9.17, 15) is 0 Å². The number of nitrogens with zero attached hydrogens (tertiary/aromatic N) is 2. The molecule has 2 N–H and O–H groups in total. The van der Waals surface area contributed by atoms with E-state index in [0.717, 1.165) is 30.7 Å². The molecule has 24 heavy (non-hydrogen) atoms. The van der Waals surface area contributed by atoms with Crippen LogP contribution < -0.4 is 16.1 Å². The van der Waals surface area contributed by atoms with Gasteiger partial charge in [0.15, 0.2) is 0 Å². The maximum atomic E-state index is 6.17. The number of aromatic nitrogens is 1. The van der Waals surface area contributed by atoms with Crippen LogP contribution in [-0.4, -0.2) is 41.4 Å². The highest BCUT2D eigenvalue weighted by Crippen LogP contribution is 2.37. The first-order chi connectivity index (χ1) is 11.0. The Morgan fingerprint density at radius 3 is 2.38 bits per heavy atom. The molecule has 1 atom stereocenters. The zero-order valence-corrected chi connectivity index (χ0v) is 15.8. The van der Waals surface area contributed by atoms with E-state index in [-0.39, 0.29) is 29.9 Å². The van der Waals surface area contributed by atoms with Crippen LogP contribution in [0.2, 0.25) is 0 Å². The first kappa shape index (κ1) is 17.7. The van der Waals surface area contributed by atoms with Gasteiger partial charge in [0, 0.05) is 24.3 Å². The maximum Gasteiger partial charge on any atom is 0.495 e. The second-order valence-electron chi connectivity index (χ2n) is 8.75. The van der Waals surface area contributed by atoms with Gasteiger partial charge in [-0.15, -0.1) is 0 Å². The van der Waals surface area contributed by atoms with Gasteiger partial charge in [0.1, 0.15) is 5.82 Å². The van der Waals surface area contributed by atoms with E-state index in [1.54, 1.807) is 0 Å². The molecule has 0 spiro atoms. The predicted molar refractivity (Wildman–Crippen MR) is 98.6 cm³/mol. The lowest BCUT2D eigenvalue weighted by Gasteiger charge is -2.45. The summed E-state index contributed by atoms with van der Waals surface area (Å²) in [6.45, 7) is 13.7. The van der Waals surface area contributed by atoms with Crippen LogP contribution in [-0.2, 0) is 9.31 Å². The summed E-state index contributed by atoms with van der Waals surface area (Å²) in [4.78, 5) is 6.95. The summed E-state index contributed by atoms with van der Waals surface area (Å²) >= 11 is 0. The van der Waals surface area contributed by atoms with Gasteiger partial charge < -0.3 is 19.9 Å². The van der Waals surface area contributed by atoms with Crippen molar-refractivity contribution in [2.24, 2.45) is 5.73 Å². The van der Waals surface area contributed by atoms with E-state index in [2.05, 4.69) is 57.5 Å². The summed E-state index contributed by atoms with van der Waals surface area (Å²) in [5.41, 5.74) is 6.50. The van der Waals surface area contributed by atoms with Crippen molar-refractivity contribution in [2.75, 3.05) is 11.4 Å². The average molecular weight is 331 g/mol. The Hall–Kier alpha value is -1.11. The molecule has 132 valence electrons. The highest BCUT2D eigenvalue weighted by Gasteiger charge is 2.51. The summed E-state index contributed by atoms with van der Waals surface area (Å²) in [6.07, 6.45) is 3.81. The predicted octanol–water partition coefficient (Wildman–Crippen LogP) is 2.09. The lowest BCUT2D eigenvalue weighted by Crippen LogP contribution is -2.54. The maximum absolute atomic E-state index is 6.17. The first-order valence-corrected chi connectivity index (χ1v) is 8.87. The molecule has 1 aromatic rings. The molecule has 0 aromatic carbocycles. The number of hydrogen-bond acceptors (Lipinski definition) is 5. The molecule has 1 unspecified atom stereocenters. The van der Waals surface area contributed by atoms with Crippen LogP contribution in [0.1, 0.15) is 54.4 Å². The van der Waals surface area contributed by atoms with E-state index in [4.69, 9.17) is 15.0 Å². The molecule has 0 saturated carbocycles. The van der Waals surface area contributed by atoms with Gasteiger partial charge in [0.25, 0.3) is 0 Å². The molecule has 6 heteroatoms. The molecular weight excluding hydrogens is 301 g/mol. The second kappa shape index (κ2) is 5.72. The Kier molecular flexibility index (Phi) is 4.22. The van der Waals surface area contributed by atoms with Crippen molar-refractivity contribution in [2.45, 2.75) is 77.2 Å². The molecular formula is C18H30BN3O2. The lowest BCUT2D eigenvalue weighted by molar-refractivity contribution is 0.00578. The largest absolute Gasteiger partial charge is 0.495 e. The van der Waals surface area contributed by atoms with Crippen molar-refractivity contribution in [3.05, 3.63) is 18.3 Å². The average Bonchev–Trinajstić information content (AvgIpc) is 2.66. The second-order valence-corrected chi connectivity index (χ2v) is 8.75. The highest BCUT2D eigenvalue weighted by molar-refractivity contribution is 6.62. The van der Waals surface area contributed by atoms with E-state index < -0.39 is 0 Å². The molecule has 3 heterocycles. The number of pyridine rings is 1. The van der Waals surface area contributed by atoms with Crippen molar-refractivity contribution < 1.29 is 9.31 Å². The molecule has 3 rings (SSSR count). The lowest BCUT2D eigenvalue weighted by atomic mass is 9.79. The van der Waals surface area contributed by atoms with Crippen LogP contribution in [0, 0.1) is 0 Å². The Morgan fingerprint density at radius 2 is 1.79 bits per heavy atom. The van der Waals surface area contributed by atoms with Gasteiger partial charge in [-0.05, 0) is 72.0 Å². The number of anilines is 1. The monoisotopic (exact) mass is 331 g/mol. The standard InChI is InChI=1S/C18H30BN3O2/c1-16(2)12-14(20)8-10-22(16)15-11-13(7-9-21-15)19-23-17(3,4)18(5,6)24-19/h7,9,11,14H,8,10,12,20H2,1-6H3. The van der Waals surface area contributed by atoms with Crippen molar-refractivity contribution in [1.82, 2.24) is 4.98 Å². The van der Waals surface area contributed by atoms with E-state index >= 15 is 0 Å². The van der Waals surface area contributed by atoms with E-state index in [1.807, 2.05) is 12.3 Å². The third kappa shape index (κ3) is 3.07. The van der Waals surface area contributed by atoms with E-state index in [0.29, 0.717) is 0 Å². The molecule has 5 nitrogen and oxygen atoms in total. The summed E-state index contributed by atoms with van der Waals surface area (Å²) in [7, 11) is -0.355. The molecule has 0 aliphatic carbocycles. The van der Waals surface area contributed by atoms with Crippen LogP contribution in [0.5, 0.6) is 0 Å². The van der Waals surface area contributed by atoms with Crippen LogP contribution in [0.25, 0.3) is 0 Å². The summed E-state index contributed by atoms with van der Waals surface area (Å²) < 4.78 is 12.3. The molecule has 2 saturated heterocycles. The fourth-order valence-corrected chi connectivity index (χ4v) is 3.58. The molecule has 2 aliphatic rings. The van der Waals surface area contributed by atoms with Crippen LogP contribution >= 0.6 is 0 Å². The van der Waals surface area contributed by atoms with Gasteiger partial charge >= 0.3 is 7.12 Å². The Balaban J connectivity index is 1.86. The minimum absolute atomic E-state index is 0.000772. The highest BCUT2D eigenvalue weighted by atomic mass is 16.7. The van der Waals surface area contributed by atoms with Crippen LogP contribution in [0.3, 0.4) is 0 Å². The zero-order valence-electron chi connectivity index (χ0n) is 15.8. The van der Waals surface area contributed by atoms with Gasteiger partial charge in [-0.2, -0.15) is 0 Å². The summed E-state index contributed by atoms with van der Waals surface area (Å²) in [6, 6.07) is 4.34. The van der Waals surface area contributed by atoms with Crippen molar-refractivity contribution >= 4 is 18.4 Å². The number of nitrogens with two attached hydrogens (primary N) is 1. The molecule has 1 aromatic heterocycles. The quantitative estimate of drug-likeness (QED) is 0.841. The normalized spacial score (nSPS) is 28.2. The van der Waals surface area contributed by atoms with E-state index in [1.165, 1.54) is 0 Å². The SMILES string of the molecule is CC1(C)CC(N)CCN1c1cc(B2OC(C)(C)C(C)(C)O2)ccn1. The Labute approximate surface area is 146 Å². The van der Waals surface area contributed by atoms with Crippen molar-refractivity contribution in [1.29, 1.82) is 0 Å². The fourth-order valence-electron chi connectivity index (χ4n) is 3.58. The van der Waals surface area contributed by atoms with Crippen molar-refractivity contribution in [3.63, 3.8) is 0 Å². The van der Waals surface area contributed by atoms with Crippen molar-refractivity contribution in [3.8, 4) is 0 Å². The minimum atomic E-state index is -0.355. The first-order valence-electron chi connectivity index (χ1n) is 8.87. The number of rotatable bonds is 2.